The normalized spacial score (nSPS) is 33.4. The summed E-state index contributed by atoms with van der Waals surface area (Å²) in [5.41, 5.74) is 0. The number of carbonyl (C=O) groups excluding carboxylic acids is 2. The molecule has 0 aromatic heterocycles. The predicted molar refractivity (Wildman–Crippen MR) is 49.7 cm³/mol. The minimum Gasteiger partial charge on any atom is -0.468 e. The van der Waals surface area contributed by atoms with Crippen molar-refractivity contribution in [2.24, 2.45) is 5.92 Å². The Morgan fingerprint density at radius 3 is 2.64 bits per heavy atom. The molecule has 0 amide bonds. The minimum atomic E-state index is -0.555. The quantitative estimate of drug-likeness (QED) is 0.469. The molecule has 14 heavy (non-hydrogen) atoms. The van der Waals surface area contributed by atoms with Crippen LogP contribution in [-0.2, 0) is 14.3 Å². The van der Waals surface area contributed by atoms with E-state index in [1.165, 1.54) is 7.11 Å². The SMILES string of the molecule is COC(=O)C1C(=O)CN(C2CC2)C1C. The van der Waals surface area contributed by atoms with Gasteiger partial charge in [-0.25, -0.2) is 0 Å². The molecule has 0 N–H and O–H groups in total. The second-order valence-electron chi connectivity index (χ2n) is 4.11. The highest BCUT2D eigenvalue weighted by molar-refractivity contribution is 6.02. The third-order valence-corrected chi connectivity index (χ3v) is 3.16. The standard InChI is InChI=1S/C10H15NO3/c1-6-9(10(13)14-2)8(12)5-11(6)7-3-4-7/h6-7,9H,3-5H2,1-2H3. The molecule has 1 aliphatic heterocycles. The van der Waals surface area contributed by atoms with Gasteiger partial charge in [-0.05, 0) is 19.8 Å². The third kappa shape index (κ3) is 1.43. The molecule has 0 aromatic carbocycles. The lowest BCUT2D eigenvalue weighted by Gasteiger charge is -2.21. The van der Waals surface area contributed by atoms with Crippen molar-refractivity contribution in [3.8, 4) is 0 Å². The number of Topliss-reactive ketones (excluding diaryl/α,β-unsaturated/α-hetero) is 1. The van der Waals surface area contributed by atoms with Crippen LogP contribution in [0, 0.1) is 5.92 Å². The van der Waals surface area contributed by atoms with Gasteiger partial charge < -0.3 is 4.74 Å². The zero-order chi connectivity index (χ0) is 10.3. The fourth-order valence-corrected chi connectivity index (χ4v) is 2.21. The van der Waals surface area contributed by atoms with E-state index in [0.29, 0.717) is 12.6 Å². The lowest BCUT2D eigenvalue weighted by Crippen LogP contribution is -2.35. The molecule has 1 saturated carbocycles. The average molecular weight is 197 g/mol. The molecule has 78 valence electrons. The molecule has 0 bridgehead atoms. The van der Waals surface area contributed by atoms with Crippen molar-refractivity contribution in [3.05, 3.63) is 0 Å². The lowest BCUT2D eigenvalue weighted by atomic mass is 10.0. The van der Waals surface area contributed by atoms with Crippen molar-refractivity contribution >= 4 is 11.8 Å². The number of hydrogen-bond donors (Lipinski definition) is 0. The van der Waals surface area contributed by atoms with Crippen LogP contribution in [0.25, 0.3) is 0 Å². The molecule has 1 heterocycles. The Kier molecular flexibility index (Phi) is 2.31. The Bertz CT molecular complexity index is 273. The summed E-state index contributed by atoms with van der Waals surface area (Å²) in [6, 6.07) is 0.547. The van der Waals surface area contributed by atoms with Crippen molar-refractivity contribution in [2.45, 2.75) is 31.8 Å². The van der Waals surface area contributed by atoms with Crippen LogP contribution in [0.3, 0.4) is 0 Å². The van der Waals surface area contributed by atoms with E-state index >= 15 is 0 Å². The van der Waals surface area contributed by atoms with Gasteiger partial charge in [0.05, 0.1) is 13.7 Å². The Labute approximate surface area is 83.2 Å². The molecule has 0 aromatic rings. The zero-order valence-corrected chi connectivity index (χ0v) is 8.53. The van der Waals surface area contributed by atoms with E-state index in [9.17, 15) is 9.59 Å². The number of esters is 1. The topological polar surface area (TPSA) is 46.6 Å². The lowest BCUT2D eigenvalue weighted by molar-refractivity contribution is -0.148. The van der Waals surface area contributed by atoms with Crippen molar-refractivity contribution in [1.82, 2.24) is 4.90 Å². The van der Waals surface area contributed by atoms with Crippen molar-refractivity contribution in [1.29, 1.82) is 0 Å². The van der Waals surface area contributed by atoms with Crippen LogP contribution in [0.2, 0.25) is 0 Å². The number of likely N-dealkylation sites (tertiary alicyclic amines) is 1. The second kappa shape index (κ2) is 3.35. The summed E-state index contributed by atoms with van der Waals surface area (Å²) in [5, 5.41) is 0. The predicted octanol–water partition coefficient (Wildman–Crippen LogP) is 0.211. The first-order valence-electron chi connectivity index (χ1n) is 5.01. The summed E-state index contributed by atoms with van der Waals surface area (Å²) in [6.07, 6.45) is 2.32. The largest absolute Gasteiger partial charge is 0.468 e. The number of carbonyl (C=O) groups is 2. The molecule has 2 atom stereocenters. The van der Waals surface area contributed by atoms with Crippen molar-refractivity contribution in [2.75, 3.05) is 13.7 Å². The van der Waals surface area contributed by atoms with Gasteiger partial charge in [-0.3, -0.25) is 14.5 Å². The number of hydrogen-bond acceptors (Lipinski definition) is 4. The van der Waals surface area contributed by atoms with Crippen molar-refractivity contribution in [3.63, 3.8) is 0 Å². The molecule has 2 fully saturated rings. The third-order valence-electron chi connectivity index (χ3n) is 3.16. The first-order chi connectivity index (χ1) is 6.65. The molecular formula is C10H15NO3. The summed E-state index contributed by atoms with van der Waals surface area (Å²) >= 11 is 0. The first-order valence-corrected chi connectivity index (χ1v) is 5.01. The van der Waals surface area contributed by atoms with E-state index in [1.807, 2.05) is 6.92 Å². The van der Waals surface area contributed by atoms with Crippen LogP contribution >= 0.6 is 0 Å². The molecule has 0 radical (unpaired) electrons. The molecule has 2 unspecified atom stereocenters. The molecule has 4 nitrogen and oxygen atoms in total. The van der Waals surface area contributed by atoms with E-state index in [-0.39, 0.29) is 17.8 Å². The second-order valence-corrected chi connectivity index (χ2v) is 4.11. The van der Waals surface area contributed by atoms with Crippen LogP contribution in [0.1, 0.15) is 19.8 Å². The highest BCUT2D eigenvalue weighted by Gasteiger charge is 2.47. The Balaban J connectivity index is 2.10. The van der Waals surface area contributed by atoms with Gasteiger partial charge in [-0.2, -0.15) is 0 Å². The zero-order valence-electron chi connectivity index (χ0n) is 8.53. The number of nitrogens with zero attached hydrogens (tertiary/aromatic N) is 1. The summed E-state index contributed by atoms with van der Waals surface area (Å²) in [5.74, 6) is -0.928. The molecule has 2 aliphatic rings. The van der Waals surface area contributed by atoms with Gasteiger partial charge >= 0.3 is 5.97 Å². The highest BCUT2D eigenvalue weighted by Crippen LogP contribution is 2.34. The van der Waals surface area contributed by atoms with Crippen LogP contribution < -0.4 is 0 Å². The summed E-state index contributed by atoms with van der Waals surface area (Å²) in [7, 11) is 1.34. The fraction of sp³-hybridized carbons (Fsp3) is 0.800. The van der Waals surface area contributed by atoms with Gasteiger partial charge in [0.2, 0.25) is 0 Å². The minimum absolute atomic E-state index is 0.0104. The molecular weight excluding hydrogens is 182 g/mol. The fourth-order valence-electron chi connectivity index (χ4n) is 2.21. The van der Waals surface area contributed by atoms with Gasteiger partial charge in [0.25, 0.3) is 0 Å². The monoisotopic (exact) mass is 197 g/mol. The Hall–Kier alpha value is -0.900. The number of ether oxygens (including phenoxy) is 1. The van der Waals surface area contributed by atoms with E-state index in [4.69, 9.17) is 0 Å². The van der Waals surface area contributed by atoms with E-state index in [0.717, 1.165) is 12.8 Å². The maximum atomic E-state index is 11.6. The molecule has 2 rings (SSSR count). The number of ketones is 1. The van der Waals surface area contributed by atoms with E-state index in [2.05, 4.69) is 9.64 Å². The smallest absolute Gasteiger partial charge is 0.317 e. The van der Waals surface area contributed by atoms with Gasteiger partial charge in [-0.15, -0.1) is 0 Å². The Morgan fingerprint density at radius 1 is 1.50 bits per heavy atom. The summed E-state index contributed by atoms with van der Waals surface area (Å²) < 4.78 is 4.64. The van der Waals surface area contributed by atoms with Gasteiger partial charge in [0, 0.05) is 12.1 Å². The van der Waals surface area contributed by atoms with Gasteiger partial charge in [-0.1, -0.05) is 0 Å². The van der Waals surface area contributed by atoms with Gasteiger partial charge in [0.15, 0.2) is 5.78 Å². The van der Waals surface area contributed by atoms with Crippen LogP contribution in [0.4, 0.5) is 0 Å². The molecule has 1 saturated heterocycles. The molecule has 1 aliphatic carbocycles. The number of methoxy groups -OCH3 is 1. The van der Waals surface area contributed by atoms with Crippen LogP contribution in [0.15, 0.2) is 0 Å². The Morgan fingerprint density at radius 2 is 2.14 bits per heavy atom. The van der Waals surface area contributed by atoms with Crippen LogP contribution in [0.5, 0.6) is 0 Å². The molecule has 0 spiro atoms. The first kappa shape index (κ1) is 9.65. The van der Waals surface area contributed by atoms with Gasteiger partial charge in [0.1, 0.15) is 5.92 Å². The summed E-state index contributed by atoms with van der Waals surface area (Å²) in [4.78, 5) is 25.1. The maximum Gasteiger partial charge on any atom is 0.317 e. The van der Waals surface area contributed by atoms with E-state index in [1.54, 1.807) is 0 Å². The number of rotatable bonds is 2. The summed E-state index contributed by atoms with van der Waals surface area (Å²) in [6.45, 7) is 2.36. The molecule has 4 heteroatoms. The van der Waals surface area contributed by atoms with Crippen LogP contribution in [-0.4, -0.2) is 42.4 Å². The van der Waals surface area contributed by atoms with Crippen molar-refractivity contribution < 1.29 is 14.3 Å². The maximum absolute atomic E-state index is 11.6. The highest BCUT2D eigenvalue weighted by atomic mass is 16.5. The average Bonchev–Trinajstić information content (AvgIpc) is 2.93. The van der Waals surface area contributed by atoms with E-state index < -0.39 is 5.92 Å².